The number of rotatable bonds is 6. The molecule has 0 radical (unpaired) electrons. The second kappa shape index (κ2) is 10.4. The van der Waals surface area contributed by atoms with Gasteiger partial charge in [-0.3, -0.25) is 19.7 Å². The lowest BCUT2D eigenvalue weighted by molar-refractivity contribution is -0.384. The Kier molecular flexibility index (Phi) is 7.63. The van der Waals surface area contributed by atoms with Crippen LogP contribution in [-0.4, -0.2) is 16.7 Å². The number of halogens is 1. The molecule has 3 aromatic carbocycles. The van der Waals surface area contributed by atoms with Gasteiger partial charge in [0.15, 0.2) is 0 Å². The Morgan fingerprint density at radius 2 is 1.50 bits per heavy atom. The first kappa shape index (κ1) is 24.9. The number of amides is 2. The van der Waals surface area contributed by atoms with Gasteiger partial charge in [-0.1, -0.05) is 48.8 Å². The van der Waals surface area contributed by atoms with Crippen molar-refractivity contribution in [1.82, 2.24) is 5.32 Å². The van der Waals surface area contributed by atoms with Crippen LogP contribution >= 0.6 is 15.9 Å². The van der Waals surface area contributed by atoms with Gasteiger partial charge in [0.1, 0.15) is 5.70 Å². The normalized spacial score (nSPS) is 11.6. The molecule has 0 aromatic heterocycles. The highest BCUT2D eigenvalue weighted by Crippen LogP contribution is 2.22. The molecule has 0 aliphatic rings. The predicted octanol–water partition coefficient (Wildman–Crippen LogP) is 6.06. The third-order valence-electron chi connectivity index (χ3n) is 5.02. The fraction of sp³-hybridized carbons (Fsp3) is 0.154. The summed E-state index contributed by atoms with van der Waals surface area (Å²) in [4.78, 5) is 36.4. The van der Waals surface area contributed by atoms with Gasteiger partial charge in [0.25, 0.3) is 17.5 Å². The number of nitro groups is 1. The van der Waals surface area contributed by atoms with E-state index in [0.29, 0.717) is 16.8 Å². The molecule has 0 spiro atoms. The second-order valence-electron chi connectivity index (χ2n) is 8.65. The topological polar surface area (TPSA) is 101 Å². The molecule has 2 amide bonds. The molecule has 0 saturated carbocycles. The van der Waals surface area contributed by atoms with E-state index in [9.17, 15) is 19.7 Å². The Morgan fingerprint density at radius 1 is 0.912 bits per heavy atom. The van der Waals surface area contributed by atoms with Crippen molar-refractivity contribution in [3.05, 3.63) is 110 Å². The summed E-state index contributed by atoms with van der Waals surface area (Å²) < 4.78 is 0.860. The van der Waals surface area contributed by atoms with E-state index in [1.54, 1.807) is 36.4 Å². The van der Waals surface area contributed by atoms with E-state index in [2.05, 4.69) is 47.3 Å². The molecule has 2 N–H and O–H groups in total. The predicted molar refractivity (Wildman–Crippen MR) is 136 cm³/mol. The van der Waals surface area contributed by atoms with Gasteiger partial charge in [0.2, 0.25) is 0 Å². The van der Waals surface area contributed by atoms with Crippen LogP contribution in [0.25, 0.3) is 6.08 Å². The highest BCUT2D eigenvalue weighted by molar-refractivity contribution is 9.10. The van der Waals surface area contributed by atoms with Gasteiger partial charge in [0, 0.05) is 27.9 Å². The minimum absolute atomic E-state index is 0.00155. The quantitative estimate of drug-likeness (QED) is 0.233. The van der Waals surface area contributed by atoms with Crippen molar-refractivity contribution in [3.8, 4) is 0 Å². The summed E-state index contributed by atoms with van der Waals surface area (Å²) in [7, 11) is 0. The third kappa shape index (κ3) is 6.62. The molecule has 7 nitrogen and oxygen atoms in total. The smallest absolute Gasteiger partial charge is 0.272 e. The van der Waals surface area contributed by atoms with Crippen LogP contribution in [0, 0.1) is 10.1 Å². The van der Waals surface area contributed by atoms with Gasteiger partial charge in [0.05, 0.1) is 4.92 Å². The van der Waals surface area contributed by atoms with Crippen molar-refractivity contribution >= 4 is 45.2 Å². The number of anilines is 1. The first-order chi connectivity index (χ1) is 16.0. The standard InChI is InChI=1S/C26H24BrN3O4/c1-26(2,3)19-8-6-18(7-9-19)24(31)29-23(16-17-4-14-22(15-5-17)30(33)34)25(32)28-21-12-10-20(27)11-13-21/h4-16H,1-3H3,(H,28,32)(H,29,31). The third-order valence-corrected chi connectivity index (χ3v) is 5.55. The van der Waals surface area contributed by atoms with Crippen molar-refractivity contribution in [3.63, 3.8) is 0 Å². The van der Waals surface area contributed by atoms with Gasteiger partial charge in [-0.25, -0.2) is 0 Å². The molecular weight excluding hydrogens is 498 g/mol. The van der Waals surface area contributed by atoms with Crippen molar-refractivity contribution in [2.75, 3.05) is 5.32 Å². The number of nitrogens with one attached hydrogen (secondary N) is 2. The van der Waals surface area contributed by atoms with E-state index in [4.69, 9.17) is 0 Å². The maximum Gasteiger partial charge on any atom is 0.272 e. The second-order valence-corrected chi connectivity index (χ2v) is 9.56. The monoisotopic (exact) mass is 521 g/mol. The van der Waals surface area contributed by atoms with Crippen molar-refractivity contribution in [2.45, 2.75) is 26.2 Å². The molecule has 34 heavy (non-hydrogen) atoms. The number of benzene rings is 3. The highest BCUT2D eigenvalue weighted by Gasteiger charge is 2.17. The lowest BCUT2D eigenvalue weighted by atomic mass is 9.87. The molecule has 0 unspecified atom stereocenters. The molecule has 3 aromatic rings. The summed E-state index contributed by atoms with van der Waals surface area (Å²) in [5, 5.41) is 16.4. The largest absolute Gasteiger partial charge is 0.321 e. The van der Waals surface area contributed by atoms with Crippen molar-refractivity contribution in [1.29, 1.82) is 0 Å². The van der Waals surface area contributed by atoms with Gasteiger partial charge in [-0.15, -0.1) is 0 Å². The molecule has 174 valence electrons. The first-order valence-electron chi connectivity index (χ1n) is 10.5. The average molecular weight is 522 g/mol. The van der Waals surface area contributed by atoms with E-state index in [-0.39, 0.29) is 16.8 Å². The Morgan fingerprint density at radius 3 is 2.03 bits per heavy atom. The summed E-state index contributed by atoms with van der Waals surface area (Å²) >= 11 is 3.35. The van der Waals surface area contributed by atoms with E-state index in [1.165, 1.54) is 30.3 Å². The molecule has 0 aliphatic heterocycles. The van der Waals surface area contributed by atoms with Crippen LogP contribution in [0.3, 0.4) is 0 Å². The molecule has 0 aliphatic carbocycles. The van der Waals surface area contributed by atoms with Crippen molar-refractivity contribution in [2.24, 2.45) is 0 Å². The maximum atomic E-state index is 13.0. The van der Waals surface area contributed by atoms with E-state index >= 15 is 0 Å². The summed E-state index contributed by atoms with van der Waals surface area (Å²) in [5.74, 6) is -0.972. The molecule has 0 bridgehead atoms. The number of nitro benzene ring substituents is 1. The number of nitrogens with zero attached hydrogens (tertiary/aromatic N) is 1. The van der Waals surface area contributed by atoms with Crippen LogP contribution in [0.4, 0.5) is 11.4 Å². The molecule has 0 heterocycles. The number of non-ortho nitro benzene ring substituents is 1. The molecule has 8 heteroatoms. The molecule has 3 rings (SSSR count). The fourth-order valence-corrected chi connectivity index (χ4v) is 3.33. The van der Waals surface area contributed by atoms with Crippen LogP contribution in [0.5, 0.6) is 0 Å². The van der Waals surface area contributed by atoms with E-state index in [0.717, 1.165) is 10.0 Å². The van der Waals surface area contributed by atoms with E-state index in [1.807, 2.05) is 12.1 Å². The van der Waals surface area contributed by atoms with Crippen LogP contribution in [0.2, 0.25) is 0 Å². The lowest BCUT2D eigenvalue weighted by Crippen LogP contribution is -2.30. The summed E-state index contributed by atoms with van der Waals surface area (Å²) in [6.07, 6.45) is 1.47. The maximum absolute atomic E-state index is 13.0. The van der Waals surface area contributed by atoms with Crippen LogP contribution in [0.1, 0.15) is 42.3 Å². The number of carbonyl (C=O) groups is 2. The fourth-order valence-electron chi connectivity index (χ4n) is 3.07. The number of carbonyl (C=O) groups excluding carboxylic acids is 2. The molecule has 0 saturated heterocycles. The SMILES string of the molecule is CC(C)(C)c1ccc(C(=O)NC(=Cc2ccc([N+](=O)[O-])cc2)C(=O)Nc2ccc(Br)cc2)cc1. The molecule has 0 atom stereocenters. The van der Waals surface area contributed by atoms with Crippen LogP contribution in [-0.2, 0) is 10.2 Å². The zero-order chi connectivity index (χ0) is 24.9. The Bertz CT molecular complexity index is 1230. The Hall–Kier alpha value is -3.78. The number of hydrogen-bond acceptors (Lipinski definition) is 4. The summed E-state index contributed by atoms with van der Waals surface area (Å²) in [5.41, 5.74) is 2.43. The van der Waals surface area contributed by atoms with Gasteiger partial charge in [-0.05, 0) is 71.1 Å². The number of hydrogen-bond donors (Lipinski definition) is 2. The summed E-state index contributed by atoms with van der Waals surface area (Å²) in [6, 6.07) is 19.9. The van der Waals surface area contributed by atoms with Gasteiger partial charge < -0.3 is 10.6 Å². The van der Waals surface area contributed by atoms with Crippen LogP contribution in [0.15, 0.2) is 83.0 Å². The zero-order valence-electron chi connectivity index (χ0n) is 19.0. The van der Waals surface area contributed by atoms with Gasteiger partial charge in [-0.2, -0.15) is 0 Å². The Labute approximate surface area is 206 Å². The van der Waals surface area contributed by atoms with Crippen molar-refractivity contribution < 1.29 is 14.5 Å². The van der Waals surface area contributed by atoms with Gasteiger partial charge >= 0.3 is 0 Å². The molecule has 0 fully saturated rings. The lowest BCUT2D eigenvalue weighted by Gasteiger charge is -2.19. The summed E-state index contributed by atoms with van der Waals surface area (Å²) in [6.45, 7) is 6.25. The minimum Gasteiger partial charge on any atom is -0.321 e. The Balaban J connectivity index is 1.88. The van der Waals surface area contributed by atoms with Crippen LogP contribution < -0.4 is 10.6 Å². The highest BCUT2D eigenvalue weighted by atomic mass is 79.9. The first-order valence-corrected chi connectivity index (χ1v) is 11.3. The zero-order valence-corrected chi connectivity index (χ0v) is 20.5. The molecular formula is C26H24BrN3O4. The average Bonchev–Trinajstić information content (AvgIpc) is 2.80. The van der Waals surface area contributed by atoms with E-state index < -0.39 is 16.7 Å². The minimum atomic E-state index is -0.527.